The number of fused-ring (bicyclic) bond motifs is 2. The van der Waals surface area contributed by atoms with Crippen LogP contribution in [0.15, 0.2) is 18.2 Å². The zero-order valence-electron chi connectivity index (χ0n) is 13.7. The van der Waals surface area contributed by atoms with Crippen LogP contribution >= 0.6 is 0 Å². The molecule has 1 aliphatic carbocycles. The summed E-state index contributed by atoms with van der Waals surface area (Å²) in [5.74, 6) is 0. The van der Waals surface area contributed by atoms with Crippen LogP contribution in [-0.2, 0) is 18.3 Å². The third-order valence-electron chi connectivity index (χ3n) is 4.43. The summed E-state index contributed by atoms with van der Waals surface area (Å²) in [7, 11) is 0. The molecule has 2 nitrogen and oxygen atoms in total. The van der Waals surface area contributed by atoms with Gasteiger partial charge in [0.1, 0.15) is 0 Å². The Morgan fingerprint density at radius 1 is 1.19 bits per heavy atom. The van der Waals surface area contributed by atoms with Crippen molar-refractivity contribution in [1.29, 1.82) is 0 Å². The number of aryl methyl sites for hydroxylation is 1. The summed E-state index contributed by atoms with van der Waals surface area (Å²) < 4.78 is 0. The molecule has 0 saturated heterocycles. The lowest BCUT2D eigenvalue weighted by Gasteiger charge is -2.21. The maximum atomic E-state index is 4.91. The van der Waals surface area contributed by atoms with Gasteiger partial charge in [0, 0.05) is 23.3 Å². The Balaban J connectivity index is 2.21. The van der Waals surface area contributed by atoms with Crippen LogP contribution in [0.4, 0.5) is 5.69 Å². The van der Waals surface area contributed by atoms with Crippen LogP contribution in [0.3, 0.4) is 0 Å². The fraction of sp³-hybridized carbons (Fsp3) is 0.526. The minimum atomic E-state index is 0.176. The number of pyridine rings is 1. The largest absolute Gasteiger partial charge is 0.384 e. The maximum absolute atomic E-state index is 4.91. The predicted octanol–water partition coefficient (Wildman–Crippen LogP) is 4.84. The second-order valence-corrected chi connectivity index (χ2v) is 7.17. The third-order valence-corrected chi connectivity index (χ3v) is 4.43. The van der Waals surface area contributed by atoms with E-state index in [0.717, 1.165) is 24.9 Å². The standard InChI is InChI=1S/C19H26N2/c1-5-11-20-18-14-7-6-8-16(14)21-17-10-9-13(12-15(17)18)19(2,3)4/h9-10,12H,5-8,11H2,1-4H3,(H,20,21). The smallest absolute Gasteiger partial charge is 0.0726 e. The quantitative estimate of drug-likeness (QED) is 0.871. The monoisotopic (exact) mass is 282 g/mol. The van der Waals surface area contributed by atoms with Gasteiger partial charge >= 0.3 is 0 Å². The highest BCUT2D eigenvalue weighted by Crippen LogP contribution is 2.36. The van der Waals surface area contributed by atoms with E-state index < -0.39 is 0 Å². The molecule has 0 fully saturated rings. The first kappa shape index (κ1) is 14.4. The van der Waals surface area contributed by atoms with Crippen molar-refractivity contribution in [1.82, 2.24) is 4.98 Å². The molecule has 0 radical (unpaired) electrons. The van der Waals surface area contributed by atoms with E-state index in [1.54, 1.807) is 0 Å². The van der Waals surface area contributed by atoms with Gasteiger partial charge in [-0.05, 0) is 54.4 Å². The molecule has 2 aromatic rings. The fourth-order valence-electron chi connectivity index (χ4n) is 3.18. The molecule has 1 N–H and O–H groups in total. The summed E-state index contributed by atoms with van der Waals surface area (Å²) in [5.41, 5.74) is 6.82. The summed E-state index contributed by atoms with van der Waals surface area (Å²) >= 11 is 0. The molecule has 112 valence electrons. The molecular formula is C19H26N2. The number of anilines is 1. The topological polar surface area (TPSA) is 24.9 Å². The second kappa shape index (κ2) is 5.32. The number of hydrogen-bond donors (Lipinski definition) is 1. The van der Waals surface area contributed by atoms with Crippen molar-refractivity contribution in [3.63, 3.8) is 0 Å². The van der Waals surface area contributed by atoms with Gasteiger partial charge in [-0.3, -0.25) is 4.98 Å². The van der Waals surface area contributed by atoms with Gasteiger partial charge in [-0.1, -0.05) is 33.8 Å². The second-order valence-electron chi connectivity index (χ2n) is 7.17. The average Bonchev–Trinajstić information content (AvgIpc) is 2.89. The molecule has 0 amide bonds. The first-order chi connectivity index (χ1) is 10.0. The van der Waals surface area contributed by atoms with Crippen LogP contribution in [0, 0.1) is 0 Å². The normalized spacial score (nSPS) is 14.5. The molecular weight excluding hydrogens is 256 g/mol. The van der Waals surface area contributed by atoms with E-state index in [1.165, 1.54) is 40.7 Å². The third kappa shape index (κ3) is 2.64. The Kier molecular flexibility index (Phi) is 3.64. The number of benzene rings is 1. The molecule has 1 heterocycles. The Morgan fingerprint density at radius 3 is 2.71 bits per heavy atom. The van der Waals surface area contributed by atoms with Crippen LogP contribution in [0.2, 0.25) is 0 Å². The number of nitrogens with zero attached hydrogens (tertiary/aromatic N) is 1. The first-order valence-electron chi connectivity index (χ1n) is 8.20. The highest BCUT2D eigenvalue weighted by molar-refractivity contribution is 5.94. The minimum Gasteiger partial charge on any atom is -0.384 e. The average molecular weight is 282 g/mol. The molecule has 0 aliphatic heterocycles. The molecule has 2 heteroatoms. The van der Waals surface area contributed by atoms with Crippen LogP contribution < -0.4 is 5.32 Å². The van der Waals surface area contributed by atoms with Crippen LogP contribution in [0.25, 0.3) is 10.9 Å². The van der Waals surface area contributed by atoms with Gasteiger partial charge in [-0.25, -0.2) is 0 Å². The Hall–Kier alpha value is -1.57. The summed E-state index contributed by atoms with van der Waals surface area (Å²) in [5, 5.41) is 4.98. The van der Waals surface area contributed by atoms with Crippen LogP contribution in [-0.4, -0.2) is 11.5 Å². The van der Waals surface area contributed by atoms with E-state index in [-0.39, 0.29) is 5.41 Å². The van der Waals surface area contributed by atoms with E-state index in [0.29, 0.717) is 0 Å². The molecule has 3 rings (SSSR count). The molecule has 1 aliphatic rings. The van der Waals surface area contributed by atoms with Crippen molar-refractivity contribution < 1.29 is 0 Å². The number of nitrogens with one attached hydrogen (secondary N) is 1. The van der Waals surface area contributed by atoms with E-state index in [2.05, 4.69) is 51.2 Å². The number of hydrogen-bond acceptors (Lipinski definition) is 2. The molecule has 0 atom stereocenters. The van der Waals surface area contributed by atoms with Gasteiger partial charge in [0.2, 0.25) is 0 Å². The van der Waals surface area contributed by atoms with E-state index in [9.17, 15) is 0 Å². The number of rotatable bonds is 3. The molecule has 21 heavy (non-hydrogen) atoms. The van der Waals surface area contributed by atoms with Crippen molar-refractivity contribution in [2.75, 3.05) is 11.9 Å². The van der Waals surface area contributed by atoms with Crippen molar-refractivity contribution in [2.45, 2.75) is 58.8 Å². The van der Waals surface area contributed by atoms with E-state index in [1.807, 2.05) is 0 Å². The summed E-state index contributed by atoms with van der Waals surface area (Å²) in [4.78, 5) is 4.91. The van der Waals surface area contributed by atoms with Crippen molar-refractivity contribution >= 4 is 16.6 Å². The molecule has 1 aromatic heterocycles. The van der Waals surface area contributed by atoms with Gasteiger partial charge < -0.3 is 5.32 Å². The Labute approximate surface area is 128 Å². The minimum absolute atomic E-state index is 0.176. The molecule has 0 unspecified atom stereocenters. The SMILES string of the molecule is CCCNc1c2c(nc3ccc(C(C)(C)C)cc13)CCC2. The van der Waals surface area contributed by atoms with Crippen molar-refractivity contribution in [3.8, 4) is 0 Å². The van der Waals surface area contributed by atoms with Crippen molar-refractivity contribution in [3.05, 3.63) is 35.0 Å². The van der Waals surface area contributed by atoms with Crippen LogP contribution in [0.5, 0.6) is 0 Å². The Bertz CT molecular complexity index is 665. The molecule has 0 bridgehead atoms. The zero-order valence-corrected chi connectivity index (χ0v) is 13.7. The fourth-order valence-corrected chi connectivity index (χ4v) is 3.18. The number of aromatic nitrogens is 1. The van der Waals surface area contributed by atoms with Gasteiger partial charge in [0.15, 0.2) is 0 Å². The van der Waals surface area contributed by atoms with Crippen LogP contribution in [0.1, 0.15) is 57.4 Å². The van der Waals surface area contributed by atoms with Gasteiger partial charge in [0.05, 0.1) is 5.52 Å². The summed E-state index contributed by atoms with van der Waals surface area (Å²) in [6, 6.07) is 6.78. The predicted molar refractivity (Wildman–Crippen MR) is 91.2 cm³/mol. The first-order valence-corrected chi connectivity index (χ1v) is 8.20. The zero-order chi connectivity index (χ0) is 15.0. The van der Waals surface area contributed by atoms with Gasteiger partial charge in [0.25, 0.3) is 0 Å². The van der Waals surface area contributed by atoms with E-state index >= 15 is 0 Å². The molecule has 0 spiro atoms. The summed E-state index contributed by atoms with van der Waals surface area (Å²) in [6.07, 6.45) is 4.69. The lowest BCUT2D eigenvalue weighted by atomic mass is 9.86. The maximum Gasteiger partial charge on any atom is 0.0726 e. The Morgan fingerprint density at radius 2 is 2.00 bits per heavy atom. The molecule has 0 saturated carbocycles. The lowest BCUT2D eigenvalue weighted by molar-refractivity contribution is 0.591. The highest BCUT2D eigenvalue weighted by atomic mass is 14.9. The summed E-state index contributed by atoms with van der Waals surface area (Å²) in [6.45, 7) is 10.1. The molecule has 1 aromatic carbocycles. The van der Waals surface area contributed by atoms with Gasteiger partial charge in [-0.15, -0.1) is 0 Å². The highest BCUT2D eigenvalue weighted by Gasteiger charge is 2.21. The van der Waals surface area contributed by atoms with E-state index in [4.69, 9.17) is 4.98 Å². The van der Waals surface area contributed by atoms with Gasteiger partial charge in [-0.2, -0.15) is 0 Å². The van der Waals surface area contributed by atoms with Crippen molar-refractivity contribution in [2.24, 2.45) is 0 Å². The lowest BCUT2D eigenvalue weighted by Crippen LogP contribution is -2.11.